The van der Waals surface area contributed by atoms with Gasteiger partial charge in [-0.3, -0.25) is 0 Å². The van der Waals surface area contributed by atoms with Gasteiger partial charge >= 0.3 is 0 Å². The molecule has 136 valence electrons. The third-order valence-corrected chi connectivity index (χ3v) is 5.31. The number of hydrogen-bond donors (Lipinski definition) is 3. The first-order valence-corrected chi connectivity index (χ1v) is 9.01. The highest BCUT2D eigenvalue weighted by Crippen LogP contribution is 2.36. The van der Waals surface area contributed by atoms with Crippen molar-refractivity contribution in [3.8, 4) is 11.3 Å². The van der Waals surface area contributed by atoms with Crippen molar-refractivity contribution in [1.29, 1.82) is 0 Å². The van der Waals surface area contributed by atoms with Crippen LogP contribution in [0.15, 0.2) is 48.7 Å². The lowest BCUT2D eigenvalue weighted by Gasteiger charge is -2.41. The number of nitrogens with one attached hydrogen (secondary N) is 2. The maximum absolute atomic E-state index is 13.7. The van der Waals surface area contributed by atoms with E-state index in [-0.39, 0.29) is 11.9 Å². The second-order valence-corrected chi connectivity index (χ2v) is 7.59. The fourth-order valence-electron chi connectivity index (χ4n) is 3.96. The minimum absolute atomic E-state index is 0.196. The van der Waals surface area contributed by atoms with Crippen molar-refractivity contribution in [3.05, 3.63) is 54.5 Å². The highest BCUT2D eigenvalue weighted by Gasteiger charge is 2.38. The van der Waals surface area contributed by atoms with Gasteiger partial charge in [0.1, 0.15) is 11.5 Å². The van der Waals surface area contributed by atoms with Gasteiger partial charge in [-0.2, -0.15) is 0 Å². The van der Waals surface area contributed by atoms with Gasteiger partial charge in [0.25, 0.3) is 0 Å². The molecule has 5 nitrogen and oxygen atoms in total. The van der Waals surface area contributed by atoms with Crippen LogP contribution in [0.1, 0.15) is 19.8 Å². The minimum atomic E-state index is -0.596. The Bertz CT molecular complexity index is 1160. The summed E-state index contributed by atoms with van der Waals surface area (Å²) in [4.78, 5) is 2.95. The van der Waals surface area contributed by atoms with Gasteiger partial charge in [-0.05, 0) is 31.9 Å². The lowest BCUT2D eigenvalue weighted by atomic mass is 9.77. The molecule has 6 heteroatoms. The number of aliphatic hydroxyl groups is 1. The number of H-pyrrole nitrogens is 1. The van der Waals surface area contributed by atoms with E-state index in [9.17, 15) is 9.50 Å². The highest BCUT2D eigenvalue weighted by atomic mass is 19.1. The summed E-state index contributed by atoms with van der Waals surface area (Å²) in [6.07, 6.45) is 2.75. The zero-order chi connectivity index (χ0) is 18.6. The van der Waals surface area contributed by atoms with E-state index >= 15 is 0 Å². The smallest absolute Gasteiger partial charge is 0.156 e. The lowest BCUT2D eigenvalue weighted by molar-refractivity contribution is -0.0235. The molecular formula is C21H19FN4O. The fourth-order valence-corrected chi connectivity index (χ4v) is 3.96. The number of aromatic amines is 1. The van der Waals surface area contributed by atoms with Gasteiger partial charge in [-0.15, -0.1) is 10.2 Å². The van der Waals surface area contributed by atoms with Crippen molar-refractivity contribution in [2.45, 2.75) is 31.4 Å². The van der Waals surface area contributed by atoms with E-state index in [1.54, 1.807) is 6.07 Å². The normalized spacial score (nSPS) is 22.1. The molecule has 0 bridgehead atoms. The molecule has 2 heterocycles. The van der Waals surface area contributed by atoms with E-state index in [0.29, 0.717) is 18.2 Å². The summed E-state index contributed by atoms with van der Waals surface area (Å²) in [6.45, 7) is 1.84. The van der Waals surface area contributed by atoms with Crippen molar-refractivity contribution in [2.24, 2.45) is 0 Å². The summed E-state index contributed by atoms with van der Waals surface area (Å²) in [5.41, 5.74) is 1.77. The molecule has 27 heavy (non-hydrogen) atoms. The van der Waals surface area contributed by atoms with Crippen molar-refractivity contribution in [2.75, 3.05) is 5.32 Å². The van der Waals surface area contributed by atoms with Crippen LogP contribution in [-0.4, -0.2) is 31.9 Å². The molecular weight excluding hydrogens is 343 g/mol. The molecule has 3 N–H and O–H groups in total. The Kier molecular flexibility index (Phi) is 3.45. The number of halogens is 1. The second kappa shape index (κ2) is 5.76. The predicted molar refractivity (Wildman–Crippen MR) is 104 cm³/mol. The molecule has 1 aliphatic rings. The largest absolute Gasteiger partial charge is 0.390 e. The minimum Gasteiger partial charge on any atom is -0.390 e. The Morgan fingerprint density at radius 3 is 2.67 bits per heavy atom. The fraction of sp³-hybridized carbons (Fsp3) is 0.238. The molecule has 0 radical (unpaired) electrons. The summed E-state index contributed by atoms with van der Waals surface area (Å²) in [5, 5.41) is 24.7. The molecule has 0 atom stereocenters. The van der Waals surface area contributed by atoms with E-state index in [0.717, 1.165) is 33.4 Å². The van der Waals surface area contributed by atoms with Crippen molar-refractivity contribution >= 4 is 27.5 Å². The Labute approximate surface area is 155 Å². The second-order valence-electron chi connectivity index (χ2n) is 7.59. The number of rotatable bonds is 3. The number of anilines is 1. The molecule has 2 aromatic carbocycles. The molecule has 2 aromatic heterocycles. The van der Waals surface area contributed by atoms with Crippen LogP contribution in [0.5, 0.6) is 0 Å². The zero-order valence-corrected chi connectivity index (χ0v) is 14.8. The van der Waals surface area contributed by atoms with E-state index in [1.165, 1.54) is 6.20 Å². The molecule has 1 aliphatic carbocycles. The van der Waals surface area contributed by atoms with E-state index in [1.807, 2.05) is 43.3 Å². The standard InChI is InChI=1S/C21H19FN4O/c1-21(27)9-13(10-21)24-20-15-5-3-2-4-14(15)19(25-26-20)12-6-7-16-17(22)11-23-18(16)8-12/h2-8,11,13,23,27H,9-10H2,1H3,(H,24,26). The topological polar surface area (TPSA) is 73.8 Å². The van der Waals surface area contributed by atoms with E-state index < -0.39 is 5.60 Å². The van der Waals surface area contributed by atoms with Gasteiger partial charge in [0, 0.05) is 39.5 Å². The van der Waals surface area contributed by atoms with Crippen LogP contribution in [0.4, 0.5) is 10.2 Å². The molecule has 0 spiro atoms. The summed E-state index contributed by atoms with van der Waals surface area (Å²) in [7, 11) is 0. The van der Waals surface area contributed by atoms with Crippen LogP contribution in [0, 0.1) is 5.82 Å². The maximum Gasteiger partial charge on any atom is 0.156 e. The molecule has 0 aliphatic heterocycles. The van der Waals surface area contributed by atoms with E-state index in [4.69, 9.17) is 0 Å². The lowest BCUT2D eigenvalue weighted by Crippen LogP contribution is -2.48. The Morgan fingerprint density at radius 1 is 1.11 bits per heavy atom. The van der Waals surface area contributed by atoms with Crippen LogP contribution >= 0.6 is 0 Å². The molecule has 5 rings (SSSR count). The van der Waals surface area contributed by atoms with Gasteiger partial charge in [-0.25, -0.2) is 4.39 Å². The molecule has 0 amide bonds. The van der Waals surface area contributed by atoms with Gasteiger partial charge in [0.15, 0.2) is 5.82 Å². The van der Waals surface area contributed by atoms with Crippen molar-refractivity contribution < 1.29 is 9.50 Å². The first-order chi connectivity index (χ1) is 13.0. The first-order valence-electron chi connectivity index (χ1n) is 9.01. The van der Waals surface area contributed by atoms with Crippen LogP contribution in [0.3, 0.4) is 0 Å². The maximum atomic E-state index is 13.7. The number of nitrogens with zero attached hydrogens (tertiary/aromatic N) is 2. The number of fused-ring (bicyclic) bond motifs is 2. The SMILES string of the molecule is CC1(O)CC(Nc2nnc(-c3ccc4c(F)c[nH]c4c3)c3ccccc23)C1. The highest BCUT2D eigenvalue weighted by molar-refractivity contribution is 6.01. The Balaban J connectivity index is 1.58. The number of benzene rings is 2. The number of hydrogen-bond acceptors (Lipinski definition) is 4. The van der Waals surface area contributed by atoms with Crippen LogP contribution in [-0.2, 0) is 0 Å². The molecule has 1 fully saturated rings. The van der Waals surface area contributed by atoms with Crippen LogP contribution in [0.2, 0.25) is 0 Å². The monoisotopic (exact) mass is 362 g/mol. The van der Waals surface area contributed by atoms with Crippen LogP contribution in [0.25, 0.3) is 32.9 Å². The third kappa shape index (κ3) is 2.73. The van der Waals surface area contributed by atoms with Crippen molar-refractivity contribution in [1.82, 2.24) is 15.2 Å². The zero-order valence-electron chi connectivity index (χ0n) is 14.8. The quantitative estimate of drug-likeness (QED) is 0.510. The Morgan fingerprint density at radius 2 is 1.89 bits per heavy atom. The van der Waals surface area contributed by atoms with Crippen molar-refractivity contribution in [3.63, 3.8) is 0 Å². The first kappa shape index (κ1) is 16.2. The summed E-state index contributed by atoms with van der Waals surface area (Å²) >= 11 is 0. The van der Waals surface area contributed by atoms with Gasteiger partial charge in [0.05, 0.1) is 5.60 Å². The van der Waals surface area contributed by atoms with E-state index in [2.05, 4.69) is 20.5 Å². The average molecular weight is 362 g/mol. The number of aromatic nitrogens is 3. The molecule has 0 saturated heterocycles. The average Bonchev–Trinajstić information content (AvgIpc) is 3.01. The Hall–Kier alpha value is -2.99. The summed E-state index contributed by atoms with van der Waals surface area (Å²) in [5.74, 6) is 0.463. The molecule has 4 aromatic rings. The van der Waals surface area contributed by atoms with Gasteiger partial charge in [-0.1, -0.05) is 30.3 Å². The third-order valence-electron chi connectivity index (χ3n) is 5.31. The predicted octanol–water partition coefficient (Wildman–Crippen LogP) is 4.24. The van der Waals surface area contributed by atoms with Gasteiger partial charge < -0.3 is 15.4 Å². The summed E-state index contributed by atoms with van der Waals surface area (Å²) in [6, 6.07) is 13.7. The summed E-state index contributed by atoms with van der Waals surface area (Å²) < 4.78 is 13.7. The molecule has 1 saturated carbocycles. The molecule has 0 unspecified atom stereocenters. The van der Waals surface area contributed by atoms with Crippen LogP contribution < -0.4 is 5.32 Å². The van der Waals surface area contributed by atoms with Gasteiger partial charge in [0.2, 0.25) is 0 Å².